The number of carboxylic acids is 2. The Bertz CT molecular complexity index is 281. The lowest BCUT2D eigenvalue weighted by Gasteiger charge is -2.15. The van der Waals surface area contributed by atoms with Gasteiger partial charge in [0.25, 0.3) is 0 Å². The SMILES string of the molecule is NCC(NC(=O)C(N)CCC(=O)O)C(=O)O. The fraction of sp³-hybridized carbons (Fsp3) is 0.625. The van der Waals surface area contributed by atoms with E-state index in [1.165, 1.54) is 0 Å². The second kappa shape index (κ2) is 6.75. The third-order valence-corrected chi connectivity index (χ3v) is 1.86. The zero-order chi connectivity index (χ0) is 12.7. The lowest BCUT2D eigenvalue weighted by molar-refractivity contribution is -0.142. The molecule has 0 aliphatic carbocycles. The van der Waals surface area contributed by atoms with Gasteiger partial charge in [-0.25, -0.2) is 4.79 Å². The Morgan fingerprint density at radius 2 is 1.81 bits per heavy atom. The molecular weight excluding hydrogens is 218 g/mol. The maximum Gasteiger partial charge on any atom is 0.327 e. The summed E-state index contributed by atoms with van der Waals surface area (Å²) in [4.78, 5) is 32.0. The number of amides is 1. The fourth-order valence-corrected chi connectivity index (χ4v) is 0.910. The molecule has 0 aliphatic heterocycles. The summed E-state index contributed by atoms with van der Waals surface area (Å²) in [6.45, 7) is -0.257. The maximum atomic E-state index is 11.3. The van der Waals surface area contributed by atoms with Gasteiger partial charge in [-0.3, -0.25) is 9.59 Å². The van der Waals surface area contributed by atoms with Gasteiger partial charge in [-0.15, -0.1) is 0 Å². The van der Waals surface area contributed by atoms with Crippen molar-refractivity contribution in [1.82, 2.24) is 5.32 Å². The van der Waals surface area contributed by atoms with Gasteiger partial charge >= 0.3 is 11.9 Å². The molecule has 8 heteroatoms. The second-order valence-corrected chi connectivity index (χ2v) is 3.17. The first-order valence-electron chi connectivity index (χ1n) is 4.59. The monoisotopic (exact) mass is 233 g/mol. The molecule has 0 saturated heterocycles. The van der Waals surface area contributed by atoms with Gasteiger partial charge in [0.1, 0.15) is 6.04 Å². The van der Waals surface area contributed by atoms with Crippen LogP contribution >= 0.6 is 0 Å². The number of nitrogens with one attached hydrogen (secondary N) is 1. The van der Waals surface area contributed by atoms with E-state index in [1.54, 1.807) is 0 Å². The molecule has 92 valence electrons. The highest BCUT2D eigenvalue weighted by Crippen LogP contribution is 1.95. The Morgan fingerprint density at radius 3 is 2.19 bits per heavy atom. The highest BCUT2D eigenvalue weighted by molar-refractivity contribution is 5.87. The van der Waals surface area contributed by atoms with E-state index in [2.05, 4.69) is 5.32 Å². The van der Waals surface area contributed by atoms with E-state index in [9.17, 15) is 14.4 Å². The number of hydrogen-bond donors (Lipinski definition) is 5. The van der Waals surface area contributed by atoms with Gasteiger partial charge in [0, 0.05) is 13.0 Å². The van der Waals surface area contributed by atoms with E-state index < -0.39 is 29.9 Å². The van der Waals surface area contributed by atoms with Gasteiger partial charge in [0.2, 0.25) is 5.91 Å². The largest absolute Gasteiger partial charge is 0.481 e. The summed E-state index contributed by atoms with van der Waals surface area (Å²) in [6, 6.07) is -2.26. The van der Waals surface area contributed by atoms with E-state index in [-0.39, 0.29) is 19.4 Å². The average molecular weight is 233 g/mol. The Hall–Kier alpha value is -1.67. The summed E-state index contributed by atoms with van der Waals surface area (Å²) >= 11 is 0. The molecule has 1 amide bonds. The van der Waals surface area contributed by atoms with Crippen LogP contribution in [0.25, 0.3) is 0 Å². The molecule has 0 aromatic rings. The molecule has 2 atom stereocenters. The summed E-state index contributed by atoms with van der Waals surface area (Å²) in [7, 11) is 0. The molecular formula is C8H15N3O5. The van der Waals surface area contributed by atoms with Crippen LogP contribution in [0.15, 0.2) is 0 Å². The molecule has 0 radical (unpaired) electrons. The quantitative estimate of drug-likeness (QED) is 0.331. The van der Waals surface area contributed by atoms with Crippen LogP contribution in [-0.4, -0.2) is 46.7 Å². The highest BCUT2D eigenvalue weighted by Gasteiger charge is 2.22. The van der Waals surface area contributed by atoms with Gasteiger partial charge in [0.15, 0.2) is 0 Å². The smallest absolute Gasteiger partial charge is 0.327 e. The highest BCUT2D eigenvalue weighted by atomic mass is 16.4. The van der Waals surface area contributed by atoms with Crippen LogP contribution in [0.5, 0.6) is 0 Å². The molecule has 0 aromatic carbocycles. The number of carboxylic acid groups (broad SMARTS) is 2. The minimum atomic E-state index is -1.26. The normalized spacial score (nSPS) is 13.9. The van der Waals surface area contributed by atoms with Gasteiger partial charge in [-0.2, -0.15) is 0 Å². The van der Waals surface area contributed by atoms with Crippen LogP contribution in [0.2, 0.25) is 0 Å². The number of rotatable bonds is 7. The molecule has 0 aliphatic rings. The van der Waals surface area contributed by atoms with Gasteiger partial charge in [-0.05, 0) is 6.42 Å². The van der Waals surface area contributed by atoms with Crippen molar-refractivity contribution in [2.24, 2.45) is 11.5 Å². The van der Waals surface area contributed by atoms with Crippen molar-refractivity contribution in [3.63, 3.8) is 0 Å². The lowest BCUT2D eigenvalue weighted by atomic mass is 10.1. The first-order chi connectivity index (χ1) is 7.38. The van der Waals surface area contributed by atoms with Gasteiger partial charge in [0.05, 0.1) is 6.04 Å². The molecule has 7 N–H and O–H groups in total. The number of carbonyl (C=O) groups excluding carboxylic acids is 1. The molecule has 0 heterocycles. The summed E-state index contributed by atoms with van der Waals surface area (Å²) in [5.74, 6) is -3.06. The van der Waals surface area contributed by atoms with Gasteiger partial charge < -0.3 is 27.0 Å². The average Bonchev–Trinajstić information content (AvgIpc) is 2.21. The molecule has 16 heavy (non-hydrogen) atoms. The molecule has 0 aromatic heterocycles. The van der Waals surface area contributed by atoms with Crippen molar-refractivity contribution in [3.8, 4) is 0 Å². The first kappa shape index (κ1) is 14.3. The minimum Gasteiger partial charge on any atom is -0.481 e. The van der Waals surface area contributed by atoms with Crippen LogP contribution < -0.4 is 16.8 Å². The van der Waals surface area contributed by atoms with Crippen molar-refractivity contribution in [1.29, 1.82) is 0 Å². The Morgan fingerprint density at radius 1 is 1.25 bits per heavy atom. The van der Waals surface area contributed by atoms with Crippen LogP contribution in [0.3, 0.4) is 0 Å². The number of nitrogens with two attached hydrogens (primary N) is 2. The molecule has 8 nitrogen and oxygen atoms in total. The van der Waals surface area contributed by atoms with Crippen molar-refractivity contribution in [2.45, 2.75) is 24.9 Å². The third-order valence-electron chi connectivity index (χ3n) is 1.86. The number of carbonyl (C=O) groups is 3. The van der Waals surface area contributed by atoms with Crippen LogP contribution in [0, 0.1) is 0 Å². The maximum absolute atomic E-state index is 11.3. The van der Waals surface area contributed by atoms with Gasteiger partial charge in [-0.1, -0.05) is 0 Å². The lowest BCUT2D eigenvalue weighted by Crippen LogP contribution is -2.51. The van der Waals surface area contributed by atoms with Crippen molar-refractivity contribution >= 4 is 17.8 Å². The molecule has 2 unspecified atom stereocenters. The standard InChI is InChI=1S/C8H15N3O5/c9-3-5(8(15)16)11-7(14)4(10)1-2-6(12)13/h4-5H,1-3,9-10H2,(H,11,14)(H,12,13)(H,15,16). The minimum absolute atomic E-state index is 0.0575. The van der Waals surface area contributed by atoms with E-state index in [0.29, 0.717) is 0 Å². The van der Waals surface area contributed by atoms with Crippen LogP contribution in [0.4, 0.5) is 0 Å². The summed E-state index contributed by atoms with van der Waals surface area (Å²) in [5.41, 5.74) is 10.5. The third kappa shape index (κ3) is 5.27. The zero-order valence-corrected chi connectivity index (χ0v) is 8.55. The van der Waals surface area contributed by atoms with Crippen molar-refractivity contribution < 1.29 is 24.6 Å². The molecule has 0 saturated carbocycles. The Labute approximate surface area is 91.6 Å². The summed E-state index contributed by atoms with van der Waals surface area (Å²) < 4.78 is 0. The predicted molar refractivity (Wildman–Crippen MR) is 53.5 cm³/mol. The number of hydrogen-bond acceptors (Lipinski definition) is 5. The molecule has 0 fully saturated rings. The Kier molecular flexibility index (Phi) is 6.04. The summed E-state index contributed by atoms with van der Waals surface area (Å²) in [5, 5.41) is 19.1. The van der Waals surface area contributed by atoms with E-state index in [1.807, 2.05) is 0 Å². The van der Waals surface area contributed by atoms with E-state index >= 15 is 0 Å². The predicted octanol–water partition coefficient (Wildman–Crippen LogP) is -2.29. The molecule has 0 bridgehead atoms. The van der Waals surface area contributed by atoms with Crippen molar-refractivity contribution in [3.05, 3.63) is 0 Å². The summed E-state index contributed by atoms with van der Waals surface area (Å²) in [6.07, 6.45) is -0.312. The molecule has 0 spiro atoms. The second-order valence-electron chi connectivity index (χ2n) is 3.17. The van der Waals surface area contributed by atoms with Crippen LogP contribution in [0.1, 0.15) is 12.8 Å². The van der Waals surface area contributed by atoms with E-state index in [4.69, 9.17) is 21.7 Å². The fourth-order valence-electron chi connectivity index (χ4n) is 0.910. The van der Waals surface area contributed by atoms with E-state index in [0.717, 1.165) is 0 Å². The Balaban J connectivity index is 4.13. The van der Waals surface area contributed by atoms with Crippen molar-refractivity contribution in [2.75, 3.05) is 6.54 Å². The van der Waals surface area contributed by atoms with Crippen LogP contribution in [-0.2, 0) is 14.4 Å². The number of aliphatic carboxylic acids is 2. The first-order valence-corrected chi connectivity index (χ1v) is 4.59. The zero-order valence-electron chi connectivity index (χ0n) is 8.55. The topological polar surface area (TPSA) is 156 Å². The molecule has 0 rings (SSSR count).